The first kappa shape index (κ1) is 21.3. The van der Waals surface area contributed by atoms with E-state index in [0.717, 1.165) is 28.8 Å². The van der Waals surface area contributed by atoms with Gasteiger partial charge in [-0.25, -0.2) is 0 Å². The number of hydrogen-bond donors (Lipinski definition) is 0. The van der Waals surface area contributed by atoms with Gasteiger partial charge in [-0.15, -0.1) is 0 Å². The number of nitrogens with zero attached hydrogens (tertiary/aromatic N) is 1. The average molecular weight is 423 g/mol. The number of hydrogen-bond acceptors (Lipinski definition) is 2. The van der Waals surface area contributed by atoms with E-state index in [-0.39, 0.29) is 17.6 Å². The van der Waals surface area contributed by atoms with Gasteiger partial charge in [-0.3, -0.25) is 9.69 Å². The Morgan fingerprint density at radius 2 is 1.39 bits per heavy atom. The van der Waals surface area contributed by atoms with Crippen molar-refractivity contribution in [3.63, 3.8) is 0 Å². The Bertz CT molecular complexity index is 961. The highest BCUT2D eigenvalue weighted by Crippen LogP contribution is 2.36. The third kappa shape index (κ3) is 5.05. The summed E-state index contributed by atoms with van der Waals surface area (Å²) in [5.41, 5.74) is 2.38. The molecule has 1 heterocycles. The summed E-state index contributed by atoms with van der Waals surface area (Å²) in [4.78, 5) is 15.2. The Balaban J connectivity index is 1.56. The zero-order valence-corrected chi connectivity index (χ0v) is 17.1. The Labute approximate surface area is 180 Å². The van der Waals surface area contributed by atoms with Crippen LogP contribution in [0.1, 0.15) is 34.6 Å². The number of ketones is 1. The van der Waals surface area contributed by atoms with E-state index in [9.17, 15) is 18.0 Å². The summed E-state index contributed by atoms with van der Waals surface area (Å²) >= 11 is 0. The van der Waals surface area contributed by atoms with Crippen molar-refractivity contribution in [2.24, 2.45) is 5.92 Å². The molecule has 1 atom stereocenters. The minimum atomic E-state index is -4.33. The van der Waals surface area contributed by atoms with E-state index in [4.69, 9.17) is 0 Å². The van der Waals surface area contributed by atoms with E-state index < -0.39 is 11.7 Å². The van der Waals surface area contributed by atoms with Crippen LogP contribution in [0.4, 0.5) is 13.2 Å². The summed E-state index contributed by atoms with van der Waals surface area (Å²) in [6.45, 7) is 1.72. The fourth-order valence-electron chi connectivity index (χ4n) is 4.40. The predicted octanol–water partition coefficient (Wildman–Crippen LogP) is 5.93. The lowest BCUT2D eigenvalue weighted by atomic mass is 9.76. The van der Waals surface area contributed by atoms with Crippen molar-refractivity contribution < 1.29 is 18.0 Å². The van der Waals surface area contributed by atoms with Gasteiger partial charge in [0.15, 0.2) is 0 Å². The molecule has 31 heavy (non-hydrogen) atoms. The molecule has 0 aromatic heterocycles. The molecule has 3 aromatic rings. The number of halogens is 3. The van der Waals surface area contributed by atoms with Gasteiger partial charge < -0.3 is 0 Å². The number of Topliss-reactive ketones (excluding diaryl/α,β-unsaturated/α-hetero) is 1. The highest BCUT2D eigenvalue weighted by Gasteiger charge is 2.35. The fourth-order valence-corrected chi connectivity index (χ4v) is 4.40. The summed E-state index contributed by atoms with van der Waals surface area (Å²) < 4.78 is 38.5. The highest BCUT2D eigenvalue weighted by atomic mass is 19.4. The molecule has 0 amide bonds. The first-order valence-electron chi connectivity index (χ1n) is 10.4. The molecule has 5 heteroatoms. The lowest BCUT2D eigenvalue weighted by molar-refractivity contribution is -0.137. The van der Waals surface area contributed by atoms with Crippen molar-refractivity contribution in [1.29, 1.82) is 0 Å². The molecule has 1 fully saturated rings. The molecule has 0 bridgehead atoms. The van der Waals surface area contributed by atoms with Crippen molar-refractivity contribution in [2.75, 3.05) is 13.1 Å². The number of carbonyl (C=O) groups excluding carboxylic acids is 1. The molecule has 0 N–H and O–H groups in total. The Hall–Kier alpha value is -2.92. The van der Waals surface area contributed by atoms with E-state index in [1.54, 1.807) is 0 Å². The van der Waals surface area contributed by atoms with Crippen LogP contribution in [0.5, 0.6) is 0 Å². The van der Waals surface area contributed by atoms with Gasteiger partial charge in [-0.1, -0.05) is 72.8 Å². The third-order valence-electron chi connectivity index (χ3n) is 5.95. The molecule has 4 rings (SSSR count). The monoisotopic (exact) mass is 423 g/mol. The average Bonchev–Trinajstić information content (AvgIpc) is 2.77. The zero-order chi connectivity index (χ0) is 21.8. The minimum absolute atomic E-state index is 0.0506. The number of likely N-dealkylation sites (tertiary alicyclic amines) is 1. The van der Waals surface area contributed by atoms with Gasteiger partial charge >= 0.3 is 6.18 Å². The summed E-state index contributed by atoms with van der Waals surface area (Å²) in [7, 11) is 0. The Morgan fingerprint density at radius 1 is 0.839 bits per heavy atom. The van der Waals surface area contributed by atoms with E-state index in [1.165, 1.54) is 12.1 Å². The number of rotatable bonds is 5. The first-order valence-corrected chi connectivity index (χ1v) is 10.4. The predicted molar refractivity (Wildman–Crippen MR) is 115 cm³/mol. The lowest BCUT2D eigenvalue weighted by Gasteiger charge is -2.36. The van der Waals surface area contributed by atoms with Crippen LogP contribution in [0.3, 0.4) is 0 Å². The summed E-state index contributed by atoms with van der Waals surface area (Å²) in [5, 5.41) is 0. The molecule has 1 aliphatic heterocycles. The number of benzene rings is 3. The standard InChI is InChI=1S/C26H24F3NO/c27-26(28,29)22-13-11-19(12-14-22)17-30-16-15-24(31)23(18-30)25(20-7-3-1-4-8-20)21-9-5-2-6-10-21/h1-14,23,25H,15-18H2. The second-order valence-electron chi connectivity index (χ2n) is 8.05. The second kappa shape index (κ2) is 9.06. The van der Waals surface area contributed by atoms with Gasteiger partial charge in [-0.2, -0.15) is 13.2 Å². The maximum absolute atomic E-state index is 13.0. The van der Waals surface area contributed by atoms with Crippen molar-refractivity contribution >= 4 is 5.78 Å². The van der Waals surface area contributed by atoms with Gasteiger partial charge in [-0.05, 0) is 28.8 Å². The molecule has 0 aliphatic carbocycles. The van der Waals surface area contributed by atoms with Crippen LogP contribution in [0.15, 0.2) is 84.9 Å². The smallest absolute Gasteiger partial charge is 0.299 e. The maximum Gasteiger partial charge on any atom is 0.416 e. The summed E-state index contributed by atoms with van der Waals surface area (Å²) in [6, 6.07) is 25.4. The fraction of sp³-hybridized carbons (Fsp3) is 0.269. The summed E-state index contributed by atoms with van der Waals surface area (Å²) in [5.74, 6) is -0.0142. The van der Waals surface area contributed by atoms with Crippen molar-refractivity contribution in [3.05, 3.63) is 107 Å². The molecule has 1 unspecified atom stereocenters. The van der Waals surface area contributed by atoms with Crippen LogP contribution in [-0.2, 0) is 17.5 Å². The molecule has 160 valence electrons. The quantitative estimate of drug-likeness (QED) is 0.507. The molecule has 1 saturated heterocycles. The lowest BCUT2D eigenvalue weighted by Crippen LogP contribution is -2.43. The molecule has 0 saturated carbocycles. The van der Waals surface area contributed by atoms with Crippen molar-refractivity contribution in [2.45, 2.75) is 25.1 Å². The van der Waals surface area contributed by atoms with E-state index >= 15 is 0 Å². The van der Waals surface area contributed by atoms with Crippen LogP contribution in [0.2, 0.25) is 0 Å². The molecule has 3 aromatic carbocycles. The van der Waals surface area contributed by atoms with Crippen molar-refractivity contribution in [1.82, 2.24) is 4.90 Å². The Kier molecular flexibility index (Phi) is 6.23. The molecular formula is C26H24F3NO. The van der Waals surface area contributed by atoms with E-state index in [1.807, 2.05) is 36.4 Å². The summed E-state index contributed by atoms with van der Waals surface area (Å²) in [6.07, 6.45) is -3.89. The first-order chi connectivity index (χ1) is 14.9. The molecule has 0 spiro atoms. The maximum atomic E-state index is 13.0. The Morgan fingerprint density at radius 3 is 1.90 bits per heavy atom. The SMILES string of the molecule is O=C1CCN(Cc2ccc(C(F)(F)F)cc2)CC1C(c1ccccc1)c1ccccc1. The van der Waals surface area contributed by atoms with E-state index in [2.05, 4.69) is 29.2 Å². The van der Waals surface area contributed by atoms with Gasteiger partial charge in [0.25, 0.3) is 0 Å². The van der Waals surface area contributed by atoms with E-state index in [0.29, 0.717) is 26.1 Å². The largest absolute Gasteiger partial charge is 0.416 e. The number of piperidine rings is 1. The third-order valence-corrected chi connectivity index (χ3v) is 5.95. The van der Waals surface area contributed by atoms with Gasteiger partial charge in [0, 0.05) is 37.9 Å². The van der Waals surface area contributed by atoms with Crippen LogP contribution >= 0.6 is 0 Å². The molecule has 0 radical (unpaired) electrons. The van der Waals surface area contributed by atoms with Gasteiger partial charge in [0.2, 0.25) is 0 Å². The van der Waals surface area contributed by atoms with Crippen LogP contribution in [0, 0.1) is 5.92 Å². The van der Waals surface area contributed by atoms with Gasteiger partial charge in [0.05, 0.1) is 5.56 Å². The molecule has 2 nitrogen and oxygen atoms in total. The van der Waals surface area contributed by atoms with Crippen LogP contribution < -0.4 is 0 Å². The molecular weight excluding hydrogens is 399 g/mol. The highest BCUT2D eigenvalue weighted by molar-refractivity contribution is 5.83. The van der Waals surface area contributed by atoms with Crippen LogP contribution in [-0.4, -0.2) is 23.8 Å². The van der Waals surface area contributed by atoms with Crippen LogP contribution in [0.25, 0.3) is 0 Å². The zero-order valence-electron chi connectivity index (χ0n) is 17.1. The van der Waals surface area contributed by atoms with Crippen molar-refractivity contribution in [3.8, 4) is 0 Å². The molecule has 1 aliphatic rings. The van der Waals surface area contributed by atoms with Gasteiger partial charge in [0.1, 0.15) is 5.78 Å². The second-order valence-corrected chi connectivity index (χ2v) is 8.05. The minimum Gasteiger partial charge on any atom is -0.299 e. The normalized spacial score (nSPS) is 17.8. The number of alkyl halides is 3. The number of carbonyl (C=O) groups is 1. The topological polar surface area (TPSA) is 20.3 Å².